The van der Waals surface area contributed by atoms with E-state index in [1.807, 2.05) is 13.8 Å². The third-order valence-electron chi connectivity index (χ3n) is 5.80. The van der Waals surface area contributed by atoms with Gasteiger partial charge in [0.2, 0.25) is 5.91 Å². The van der Waals surface area contributed by atoms with E-state index in [0.717, 1.165) is 12.8 Å². The first-order chi connectivity index (χ1) is 13.0. The van der Waals surface area contributed by atoms with Crippen LogP contribution in [-0.2, 0) is 27.1 Å². The van der Waals surface area contributed by atoms with Crippen LogP contribution in [0.5, 0.6) is 0 Å². The van der Waals surface area contributed by atoms with Gasteiger partial charge in [-0.15, -0.1) is 0 Å². The zero-order valence-corrected chi connectivity index (χ0v) is 16.1. The Labute approximate surface area is 160 Å². The highest BCUT2D eigenvalue weighted by molar-refractivity contribution is 5.76. The van der Waals surface area contributed by atoms with E-state index in [0.29, 0.717) is 25.4 Å². The molecule has 0 spiro atoms. The first kappa shape index (κ1) is 18.9. The van der Waals surface area contributed by atoms with Crippen molar-refractivity contribution in [2.24, 2.45) is 0 Å². The average molecular weight is 374 g/mol. The van der Waals surface area contributed by atoms with Crippen LogP contribution in [0.1, 0.15) is 37.8 Å². The summed E-state index contributed by atoms with van der Waals surface area (Å²) in [5.41, 5.74) is 2.82. The number of carbonyl (C=O) groups excluding carboxylic acids is 1. The van der Waals surface area contributed by atoms with E-state index in [1.54, 1.807) is 0 Å². The molecule has 2 fully saturated rings. The van der Waals surface area contributed by atoms with Gasteiger partial charge in [0, 0.05) is 25.0 Å². The Morgan fingerprint density at radius 1 is 1.22 bits per heavy atom. The van der Waals surface area contributed by atoms with Gasteiger partial charge in [0.15, 0.2) is 0 Å². The number of carbonyl (C=O) groups is 1. The second-order valence-corrected chi connectivity index (χ2v) is 8.37. The summed E-state index contributed by atoms with van der Waals surface area (Å²) in [5, 5.41) is 17.0. The quantitative estimate of drug-likeness (QED) is 0.691. The number of hydrogen-bond acceptors (Lipinski definition) is 5. The van der Waals surface area contributed by atoms with E-state index in [9.17, 15) is 9.90 Å². The van der Waals surface area contributed by atoms with Crippen molar-refractivity contribution in [3.05, 3.63) is 35.4 Å². The Morgan fingerprint density at radius 3 is 2.56 bits per heavy atom. The maximum atomic E-state index is 11.9. The molecule has 0 aromatic heterocycles. The van der Waals surface area contributed by atoms with Crippen molar-refractivity contribution in [3.63, 3.8) is 0 Å². The lowest BCUT2D eigenvalue weighted by atomic mass is 10.1. The Balaban J connectivity index is 1.23. The fourth-order valence-corrected chi connectivity index (χ4v) is 4.58. The normalized spacial score (nSPS) is 32.7. The van der Waals surface area contributed by atoms with Gasteiger partial charge in [-0.05, 0) is 37.8 Å². The number of nitrogens with one attached hydrogen (secondary N) is 2. The molecule has 27 heavy (non-hydrogen) atoms. The topological polar surface area (TPSA) is 79.8 Å². The van der Waals surface area contributed by atoms with Crippen LogP contribution in [0.25, 0.3) is 0 Å². The number of ether oxygens (including phenoxy) is 2. The number of rotatable bonds is 6. The molecule has 0 bridgehead atoms. The standard InChI is InChI=1S/C21H30N2O4/c1-12(2)23-19(24)10-16-9-17-21(26-16)20(25)18(27-17)11-22-15-7-13-5-3-4-6-14(13)8-15/h3-6,12,15-18,20-22,25H,7-11H2,1-2H3,(H,23,24). The summed E-state index contributed by atoms with van der Waals surface area (Å²) in [6.07, 6.45) is 1.51. The number of fused-ring (bicyclic) bond motifs is 2. The van der Waals surface area contributed by atoms with Crippen molar-refractivity contribution in [1.29, 1.82) is 0 Å². The predicted molar refractivity (Wildman–Crippen MR) is 101 cm³/mol. The molecule has 0 saturated carbocycles. The molecule has 3 N–H and O–H groups in total. The highest BCUT2D eigenvalue weighted by Crippen LogP contribution is 2.35. The molecule has 1 aliphatic carbocycles. The molecular formula is C21H30N2O4. The number of aliphatic hydroxyl groups excluding tert-OH is 1. The number of hydrogen-bond donors (Lipinski definition) is 3. The highest BCUT2D eigenvalue weighted by atomic mass is 16.6. The largest absolute Gasteiger partial charge is 0.388 e. The van der Waals surface area contributed by atoms with E-state index in [4.69, 9.17) is 9.47 Å². The summed E-state index contributed by atoms with van der Waals surface area (Å²) in [5.74, 6) is -0.0107. The van der Waals surface area contributed by atoms with E-state index >= 15 is 0 Å². The van der Waals surface area contributed by atoms with Crippen LogP contribution in [0.2, 0.25) is 0 Å². The molecule has 5 unspecified atom stereocenters. The summed E-state index contributed by atoms with van der Waals surface area (Å²) >= 11 is 0. The smallest absolute Gasteiger partial charge is 0.222 e. The zero-order valence-electron chi connectivity index (χ0n) is 16.1. The van der Waals surface area contributed by atoms with Gasteiger partial charge in [0.1, 0.15) is 12.2 Å². The van der Waals surface area contributed by atoms with Crippen LogP contribution in [0.3, 0.4) is 0 Å². The number of amides is 1. The fraction of sp³-hybridized carbons (Fsp3) is 0.667. The summed E-state index contributed by atoms with van der Waals surface area (Å²) in [7, 11) is 0. The van der Waals surface area contributed by atoms with Crippen molar-refractivity contribution in [3.8, 4) is 0 Å². The molecule has 5 atom stereocenters. The summed E-state index contributed by atoms with van der Waals surface area (Å²) in [4.78, 5) is 11.9. The van der Waals surface area contributed by atoms with Gasteiger partial charge in [-0.25, -0.2) is 0 Å². The van der Waals surface area contributed by atoms with E-state index in [-0.39, 0.29) is 36.4 Å². The highest BCUT2D eigenvalue weighted by Gasteiger charge is 2.50. The van der Waals surface area contributed by atoms with Crippen molar-refractivity contribution in [2.45, 2.75) is 82.1 Å². The van der Waals surface area contributed by atoms with Gasteiger partial charge in [-0.2, -0.15) is 0 Å². The lowest BCUT2D eigenvalue weighted by molar-refractivity contribution is -0.125. The minimum absolute atomic E-state index is 0.0107. The van der Waals surface area contributed by atoms with Crippen LogP contribution in [0, 0.1) is 0 Å². The van der Waals surface area contributed by atoms with Crippen molar-refractivity contribution in [1.82, 2.24) is 10.6 Å². The number of benzene rings is 1. The summed E-state index contributed by atoms with van der Waals surface area (Å²) in [6, 6.07) is 9.06. The molecule has 0 radical (unpaired) electrons. The van der Waals surface area contributed by atoms with Gasteiger partial charge in [0.25, 0.3) is 0 Å². The fourth-order valence-electron chi connectivity index (χ4n) is 4.58. The second kappa shape index (κ2) is 7.87. The second-order valence-electron chi connectivity index (χ2n) is 8.37. The molecule has 1 amide bonds. The van der Waals surface area contributed by atoms with Crippen molar-refractivity contribution >= 4 is 5.91 Å². The Bertz CT molecular complexity index is 655. The van der Waals surface area contributed by atoms with Crippen LogP contribution in [0.15, 0.2) is 24.3 Å². The average Bonchev–Trinajstić information content (AvgIpc) is 3.26. The molecular weight excluding hydrogens is 344 g/mol. The van der Waals surface area contributed by atoms with Crippen LogP contribution < -0.4 is 10.6 Å². The minimum Gasteiger partial charge on any atom is -0.388 e. The van der Waals surface area contributed by atoms with Gasteiger partial charge < -0.3 is 25.2 Å². The molecule has 3 aliphatic rings. The molecule has 6 heteroatoms. The van der Waals surface area contributed by atoms with Gasteiger partial charge >= 0.3 is 0 Å². The van der Waals surface area contributed by atoms with Crippen LogP contribution in [-0.4, -0.2) is 60.2 Å². The SMILES string of the molecule is CC(C)NC(=O)CC1CC2OC(CNC3Cc4ccccc4C3)C(O)C2O1. The van der Waals surface area contributed by atoms with E-state index in [2.05, 4.69) is 34.9 Å². The molecule has 6 nitrogen and oxygen atoms in total. The lowest BCUT2D eigenvalue weighted by Crippen LogP contribution is -2.42. The monoisotopic (exact) mass is 374 g/mol. The summed E-state index contributed by atoms with van der Waals surface area (Å²) in [6.45, 7) is 4.50. The van der Waals surface area contributed by atoms with Gasteiger partial charge in [-0.3, -0.25) is 4.79 Å². The maximum absolute atomic E-state index is 11.9. The summed E-state index contributed by atoms with van der Waals surface area (Å²) < 4.78 is 12.0. The third-order valence-corrected chi connectivity index (χ3v) is 5.80. The first-order valence-electron chi connectivity index (χ1n) is 10.1. The lowest BCUT2D eigenvalue weighted by Gasteiger charge is -2.22. The van der Waals surface area contributed by atoms with E-state index in [1.165, 1.54) is 11.1 Å². The molecule has 1 aromatic rings. The molecule has 2 aliphatic heterocycles. The Hall–Kier alpha value is -1.47. The minimum atomic E-state index is -0.649. The zero-order chi connectivity index (χ0) is 19.0. The molecule has 4 rings (SSSR count). The maximum Gasteiger partial charge on any atom is 0.222 e. The first-order valence-corrected chi connectivity index (χ1v) is 10.1. The molecule has 2 heterocycles. The van der Waals surface area contributed by atoms with Crippen LogP contribution in [0.4, 0.5) is 0 Å². The molecule has 148 valence electrons. The van der Waals surface area contributed by atoms with Crippen LogP contribution >= 0.6 is 0 Å². The van der Waals surface area contributed by atoms with Crippen molar-refractivity contribution < 1.29 is 19.4 Å². The van der Waals surface area contributed by atoms with Crippen molar-refractivity contribution in [2.75, 3.05) is 6.54 Å². The number of aliphatic hydroxyl groups is 1. The van der Waals surface area contributed by atoms with Gasteiger partial charge in [0.05, 0.1) is 24.7 Å². The predicted octanol–water partition coefficient (Wildman–Crippen LogP) is 0.944. The third kappa shape index (κ3) is 4.19. The van der Waals surface area contributed by atoms with Gasteiger partial charge in [-0.1, -0.05) is 24.3 Å². The Morgan fingerprint density at radius 2 is 1.93 bits per heavy atom. The van der Waals surface area contributed by atoms with E-state index < -0.39 is 6.10 Å². The Kier molecular flexibility index (Phi) is 5.50. The molecule has 1 aromatic carbocycles. The molecule has 2 saturated heterocycles.